The molecular formula is C16H17NS. The monoisotopic (exact) mass is 255 g/mol. The Morgan fingerprint density at radius 2 is 2.17 bits per heavy atom. The summed E-state index contributed by atoms with van der Waals surface area (Å²) in [5, 5.41) is 3.87. The molecule has 0 saturated carbocycles. The zero-order chi connectivity index (χ0) is 12.3. The molecule has 0 aliphatic carbocycles. The summed E-state index contributed by atoms with van der Waals surface area (Å²) < 4.78 is 0. The molecule has 0 amide bonds. The van der Waals surface area contributed by atoms with Gasteiger partial charge in [0.2, 0.25) is 0 Å². The molecule has 1 N–H and O–H groups in total. The predicted octanol–water partition coefficient (Wildman–Crippen LogP) is 3.91. The van der Waals surface area contributed by atoms with E-state index in [0.29, 0.717) is 6.04 Å². The van der Waals surface area contributed by atoms with E-state index in [1.165, 1.54) is 33.7 Å². The van der Waals surface area contributed by atoms with E-state index in [9.17, 15) is 0 Å². The minimum atomic E-state index is 0.0337. The van der Waals surface area contributed by atoms with Gasteiger partial charge in [0.25, 0.3) is 0 Å². The average molecular weight is 255 g/mol. The lowest BCUT2D eigenvalue weighted by atomic mass is 9.86. The molecule has 18 heavy (non-hydrogen) atoms. The highest BCUT2D eigenvalue weighted by Gasteiger charge is 2.44. The molecular weight excluding hydrogens is 238 g/mol. The van der Waals surface area contributed by atoms with Gasteiger partial charge in [-0.1, -0.05) is 24.3 Å². The lowest BCUT2D eigenvalue weighted by Crippen LogP contribution is -2.34. The second kappa shape index (κ2) is 3.46. The number of nitrogens with one attached hydrogen (secondary N) is 1. The summed E-state index contributed by atoms with van der Waals surface area (Å²) in [6, 6.07) is 11.8. The highest BCUT2D eigenvalue weighted by molar-refractivity contribution is 7.12. The van der Waals surface area contributed by atoms with Crippen LogP contribution in [0.15, 0.2) is 30.3 Å². The van der Waals surface area contributed by atoms with E-state index in [1.807, 2.05) is 11.3 Å². The molecule has 2 aliphatic heterocycles. The van der Waals surface area contributed by atoms with Crippen LogP contribution in [0.1, 0.15) is 45.8 Å². The Bertz CT molecular complexity index is 628. The van der Waals surface area contributed by atoms with E-state index in [-0.39, 0.29) is 5.54 Å². The quantitative estimate of drug-likeness (QED) is 0.752. The van der Waals surface area contributed by atoms with Crippen molar-refractivity contribution in [1.29, 1.82) is 0 Å². The Kier molecular flexibility index (Phi) is 2.07. The van der Waals surface area contributed by atoms with Crippen LogP contribution in [0.3, 0.4) is 0 Å². The van der Waals surface area contributed by atoms with E-state index < -0.39 is 0 Å². The Balaban J connectivity index is 2.02. The summed E-state index contributed by atoms with van der Waals surface area (Å²) in [6.07, 6.45) is 2.43. The smallest absolute Gasteiger partial charge is 0.0766 e. The molecule has 1 nitrogen and oxygen atoms in total. The van der Waals surface area contributed by atoms with Crippen molar-refractivity contribution in [3.05, 3.63) is 56.8 Å². The number of aryl methyl sites for hydroxylation is 2. The zero-order valence-corrected chi connectivity index (χ0v) is 11.6. The van der Waals surface area contributed by atoms with Gasteiger partial charge in [-0.2, -0.15) is 0 Å². The Hall–Kier alpha value is -1.12. The molecule has 2 bridgehead atoms. The van der Waals surface area contributed by atoms with Gasteiger partial charge in [0.05, 0.1) is 5.54 Å². The highest BCUT2D eigenvalue weighted by atomic mass is 32.1. The molecule has 4 rings (SSSR count). The SMILES string of the molecule is Cc1cc2c(s1)C1(C)NC(CC2)c2ccccc21. The van der Waals surface area contributed by atoms with Crippen LogP contribution in [0.4, 0.5) is 0 Å². The fraction of sp³-hybridized carbons (Fsp3) is 0.375. The standard InChI is InChI=1S/C16H17NS/c1-10-9-11-7-8-14-12-5-3-4-6-13(12)16(2,17-14)15(11)18-10/h3-6,9,14,17H,7-8H2,1-2H3. The maximum atomic E-state index is 3.87. The summed E-state index contributed by atoms with van der Waals surface area (Å²) in [5.74, 6) is 0. The number of hydrogen-bond donors (Lipinski definition) is 1. The minimum absolute atomic E-state index is 0.0337. The maximum Gasteiger partial charge on any atom is 0.0766 e. The van der Waals surface area contributed by atoms with Crippen molar-refractivity contribution in [3.63, 3.8) is 0 Å². The first kappa shape index (κ1) is 10.8. The number of thiophene rings is 1. The van der Waals surface area contributed by atoms with E-state index in [4.69, 9.17) is 0 Å². The summed E-state index contributed by atoms with van der Waals surface area (Å²) in [4.78, 5) is 2.97. The molecule has 3 heterocycles. The van der Waals surface area contributed by atoms with Gasteiger partial charge in [0.15, 0.2) is 0 Å². The van der Waals surface area contributed by atoms with Crippen molar-refractivity contribution in [2.45, 2.75) is 38.3 Å². The van der Waals surface area contributed by atoms with Gasteiger partial charge in [0.1, 0.15) is 0 Å². The third-order valence-corrected chi connectivity index (χ3v) is 5.74. The fourth-order valence-corrected chi connectivity index (χ4v) is 4.84. The summed E-state index contributed by atoms with van der Waals surface area (Å²) in [5.41, 5.74) is 4.59. The van der Waals surface area contributed by atoms with Gasteiger partial charge in [0, 0.05) is 15.8 Å². The van der Waals surface area contributed by atoms with Crippen molar-refractivity contribution in [1.82, 2.24) is 5.32 Å². The fourth-order valence-electron chi connectivity index (χ4n) is 3.65. The van der Waals surface area contributed by atoms with Crippen molar-refractivity contribution >= 4 is 11.3 Å². The van der Waals surface area contributed by atoms with Gasteiger partial charge in [-0.05, 0) is 49.4 Å². The van der Waals surface area contributed by atoms with Crippen LogP contribution < -0.4 is 5.32 Å². The van der Waals surface area contributed by atoms with Gasteiger partial charge < -0.3 is 0 Å². The topological polar surface area (TPSA) is 12.0 Å². The molecule has 0 fully saturated rings. The van der Waals surface area contributed by atoms with Crippen LogP contribution in [0.2, 0.25) is 0 Å². The second-order valence-corrected chi connectivity index (χ2v) is 6.92. The Morgan fingerprint density at radius 1 is 1.33 bits per heavy atom. The lowest BCUT2D eigenvalue weighted by Gasteiger charge is -2.26. The van der Waals surface area contributed by atoms with Crippen LogP contribution in [0.5, 0.6) is 0 Å². The first-order valence-electron chi connectivity index (χ1n) is 6.65. The third kappa shape index (κ3) is 1.25. The summed E-state index contributed by atoms with van der Waals surface area (Å²) in [7, 11) is 0. The first-order valence-corrected chi connectivity index (χ1v) is 7.47. The van der Waals surface area contributed by atoms with Crippen LogP contribution >= 0.6 is 11.3 Å². The van der Waals surface area contributed by atoms with Crippen molar-refractivity contribution in [2.24, 2.45) is 0 Å². The number of rotatable bonds is 0. The third-order valence-electron chi connectivity index (χ3n) is 4.43. The maximum absolute atomic E-state index is 3.87. The number of benzene rings is 1. The van der Waals surface area contributed by atoms with Crippen LogP contribution in [-0.4, -0.2) is 0 Å². The van der Waals surface area contributed by atoms with Gasteiger partial charge >= 0.3 is 0 Å². The second-order valence-electron chi connectivity index (χ2n) is 5.66. The molecule has 1 aromatic heterocycles. The predicted molar refractivity (Wildman–Crippen MR) is 76.1 cm³/mol. The van der Waals surface area contributed by atoms with Gasteiger partial charge in [-0.3, -0.25) is 5.32 Å². The number of hydrogen-bond acceptors (Lipinski definition) is 2. The van der Waals surface area contributed by atoms with E-state index in [1.54, 1.807) is 5.56 Å². The molecule has 2 unspecified atom stereocenters. The summed E-state index contributed by atoms with van der Waals surface area (Å²) >= 11 is 1.96. The largest absolute Gasteiger partial charge is 0.296 e. The molecule has 2 heteroatoms. The molecule has 1 aromatic carbocycles. The minimum Gasteiger partial charge on any atom is -0.296 e. The van der Waals surface area contributed by atoms with E-state index in [0.717, 1.165) is 0 Å². The molecule has 2 atom stereocenters. The van der Waals surface area contributed by atoms with Crippen molar-refractivity contribution in [2.75, 3.05) is 0 Å². The molecule has 0 radical (unpaired) electrons. The van der Waals surface area contributed by atoms with Crippen LogP contribution in [-0.2, 0) is 12.0 Å². The van der Waals surface area contributed by atoms with Gasteiger partial charge in [-0.25, -0.2) is 0 Å². The molecule has 2 aromatic rings. The average Bonchev–Trinajstić information content (AvgIpc) is 2.84. The highest BCUT2D eigenvalue weighted by Crippen LogP contribution is 2.49. The van der Waals surface area contributed by atoms with E-state index >= 15 is 0 Å². The lowest BCUT2D eigenvalue weighted by molar-refractivity contribution is 0.428. The summed E-state index contributed by atoms with van der Waals surface area (Å²) in [6.45, 7) is 4.58. The Morgan fingerprint density at radius 3 is 3.06 bits per heavy atom. The van der Waals surface area contributed by atoms with Crippen LogP contribution in [0, 0.1) is 6.92 Å². The molecule has 2 aliphatic rings. The van der Waals surface area contributed by atoms with Gasteiger partial charge in [-0.15, -0.1) is 11.3 Å². The normalized spacial score (nSPS) is 28.7. The first-order chi connectivity index (χ1) is 8.68. The van der Waals surface area contributed by atoms with Crippen LogP contribution in [0.25, 0.3) is 0 Å². The van der Waals surface area contributed by atoms with Crippen molar-refractivity contribution < 1.29 is 0 Å². The number of fused-ring (bicyclic) bond motifs is 7. The molecule has 92 valence electrons. The van der Waals surface area contributed by atoms with E-state index in [2.05, 4.69) is 49.5 Å². The Labute approximate surface area is 112 Å². The molecule has 0 saturated heterocycles. The van der Waals surface area contributed by atoms with Crippen molar-refractivity contribution in [3.8, 4) is 0 Å². The molecule has 0 spiro atoms. The zero-order valence-electron chi connectivity index (χ0n) is 10.8.